The first-order valence-corrected chi connectivity index (χ1v) is 7.05. The van der Waals surface area contributed by atoms with Gasteiger partial charge in [-0.25, -0.2) is 8.42 Å². The van der Waals surface area contributed by atoms with Crippen molar-refractivity contribution in [2.24, 2.45) is 0 Å². The van der Waals surface area contributed by atoms with E-state index < -0.39 is 21.8 Å². The van der Waals surface area contributed by atoms with Gasteiger partial charge in [0.2, 0.25) is 0 Å². The summed E-state index contributed by atoms with van der Waals surface area (Å²) in [5, 5.41) is -4.10. The van der Waals surface area contributed by atoms with Crippen LogP contribution in [0, 0.1) is 0 Å². The van der Waals surface area contributed by atoms with Gasteiger partial charge < -0.3 is 4.55 Å². The van der Waals surface area contributed by atoms with Crippen LogP contribution in [-0.2, 0) is 10.1 Å². The van der Waals surface area contributed by atoms with E-state index in [4.69, 9.17) is 0 Å². The van der Waals surface area contributed by atoms with E-state index in [-0.39, 0.29) is 57.8 Å². The van der Waals surface area contributed by atoms with Crippen molar-refractivity contribution in [3.63, 3.8) is 0 Å². The molecular weight excluding hydrogens is 277 g/mol. The smallest absolute Gasteiger partial charge is 0.743 e. The molecule has 0 aromatic carbocycles. The molecule has 0 atom stereocenters. The maximum absolute atomic E-state index is 12.7. The molecule has 0 aromatic rings. The summed E-state index contributed by atoms with van der Waals surface area (Å²) in [5.74, 6) is 0. The second-order valence-corrected chi connectivity index (χ2v) is 5.47. The SMILES string of the molecule is CCCCCCCCCC(F)(F)S(=O)(=O)[O-].[K+]. The number of halogens is 2. The maximum atomic E-state index is 12.7. The summed E-state index contributed by atoms with van der Waals surface area (Å²) < 4.78 is 55.8. The van der Waals surface area contributed by atoms with E-state index in [0.717, 1.165) is 32.1 Å². The Morgan fingerprint density at radius 1 is 1.00 bits per heavy atom. The third kappa shape index (κ3) is 9.92. The summed E-state index contributed by atoms with van der Waals surface area (Å²) in [4.78, 5) is 0. The van der Waals surface area contributed by atoms with Gasteiger partial charge in [-0.15, -0.1) is 0 Å². The average molecular weight is 296 g/mol. The second kappa shape index (κ2) is 10.2. The minimum atomic E-state index is -5.49. The van der Waals surface area contributed by atoms with Gasteiger partial charge >= 0.3 is 56.6 Å². The monoisotopic (exact) mass is 296 g/mol. The first-order valence-electron chi connectivity index (χ1n) is 5.64. The van der Waals surface area contributed by atoms with Gasteiger partial charge in [0.15, 0.2) is 10.1 Å². The van der Waals surface area contributed by atoms with Gasteiger partial charge in [-0.05, 0) is 6.42 Å². The molecule has 0 amide bonds. The van der Waals surface area contributed by atoms with Gasteiger partial charge in [-0.1, -0.05) is 45.4 Å². The van der Waals surface area contributed by atoms with Crippen molar-refractivity contribution in [1.29, 1.82) is 0 Å². The molecule has 0 aromatic heterocycles. The number of hydrogen-bond donors (Lipinski definition) is 0. The number of unbranched alkanes of at least 4 members (excludes halogenated alkanes) is 6. The summed E-state index contributed by atoms with van der Waals surface area (Å²) in [7, 11) is -5.49. The Balaban J connectivity index is 0. The first-order chi connectivity index (χ1) is 7.31. The Labute approximate surface area is 145 Å². The van der Waals surface area contributed by atoms with Gasteiger partial charge in [-0.2, -0.15) is 8.78 Å². The third-order valence-electron chi connectivity index (χ3n) is 2.44. The molecule has 0 aliphatic carbocycles. The zero-order chi connectivity index (χ0) is 12.7. The van der Waals surface area contributed by atoms with E-state index in [1.54, 1.807) is 0 Å². The van der Waals surface area contributed by atoms with Crippen LogP contribution in [0.25, 0.3) is 0 Å². The van der Waals surface area contributed by atoms with E-state index in [1.165, 1.54) is 0 Å². The van der Waals surface area contributed by atoms with E-state index in [1.807, 2.05) is 0 Å². The fourth-order valence-corrected chi connectivity index (χ4v) is 1.81. The molecule has 0 N–H and O–H groups in total. The fraction of sp³-hybridized carbons (Fsp3) is 1.00. The number of hydrogen-bond acceptors (Lipinski definition) is 3. The van der Waals surface area contributed by atoms with Crippen molar-refractivity contribution in [2.45, 2.75) is 63.5 Å². The molecule has 0 spiro atoms. The molecule has 0 bridgehead atoms. The molecule has 0 rings (SSSR count). The van der Waals surface area contributed by atoms with Gasteiger partial charge in [-0.3, -0.25) is 0 Å². The van der Waals surface area contributed by atoms with Crippen LogP contribution in [-0.4, -0.2) is 18.2 Å². The molecule has 98 valence electrons. The summed E-state index contributed by atoms with van der Waals surface area (Å²) in [6, 6.07) is 0. The zero-order valence-corrected chi connectivity index (χ0v) is 14.5. The van der Waals surface area contributed by atoms with Crippen LogP contribution in [0.5, 0.6) is 0 Å². The molecule has 0 aliphatic rings. The Kier molecular flexibility index (Phi) is 12.5. The van der Waals surface area contributed by atoms with Crippen LogP contribution >= 0.6 is 0 Å². The number of rotatable bonds is 9. The molecule has 0 saturated heterocycles. The maximum Gasteiger partial charge on any atom is 1.00 e. The molecule has 0 saturated carbocycles. The van der Waals surface area contributed by atoms with Gasteiger partial charge in [0, 0.05) is 6.42 Å². The van der Waals surface area contributed by atoms with Crippen molar-refractivity contribution in [2.75, 3.05) is 0 Å². The molecule has 0 radical (unpaired) electrons. The minimum Gasteiger partial charge on any atom is -0.743 e. The van der Waals surface area contributed by atoms with E-state index in [9.17, 15) is 21.8 Å². The molecular formula is C10H19F2KO3S. The van der Waals surface area contributed by atoms with Crippen LogP contribution < -0.4 is 51.4 Å². The van der Waals surface area contributed by atoms with Crippen LogP contribution in [0.2, 0.25) is 0 Å². The molecule has 7 heteroatoms. The first kappa shape index (κ1) is 20.7. The quantitative estimate of drug-likeness (QED) is 0.349. The molecule has 0 heterocycles. The van der Waals surface area contributed by atoms with Crippen LogP contribution in [0.1, 0.15) is 58.3 Å². The Hall–Kier alpha value is 1.41. The molecule has 3 nitrogen and oxygen atoms in total. The van der Waals surface area contributed by atoms with Gasteiger partial charge in [0.05, 0.1) is 0 Å². The zero-order valence-electron chi connectivity index (χ0n) is 10.5. The standard InChI is InChI=1S/C10H20F2O3S.K/c1-2-3-4-5-6-7-8-9-10(11,12)16(13,14)15;/h2-9H2,1H3,(H,13,14,15);/q;+1/p-1. The Bertz CT molecular complexity index is 281. The summed E-state index contributed by atoms with van der Waals surface area (Å²) in [6.07, 6.45) is 4.89. The van der Waals surface area contributed by atoms with E-state index in [2.05, 4.69) is 6.92 Å². The van der Waals surface area contributed by atoms with Gasteiger partial charge in [0.25, 0.3) is 0 Å². The summed E-state index contributed by atoms with van der Waals surface area (Å²) >= 11 is 0. The molecule has 0 unspecified atom stereocenters. The molecule has 0 aliphatic heterocycles. The summed E-state index contributed by atoms with van der Waals surface area (Å²) in [5.41, 5.74) is 0. The van der Waals surface area contributed by atoms with Crippen LogP contribution in [0.4, 0.5) is 8.78 Å². The van der Waals surface area contributed by atoms with Crippen LogP contribution in [0.15, 0.2) is 0 Å². The predicted molar refractivity (Wildman–Crippen MR) is 57.3 cm³/mol. The van der Waals surface area contributed by atoms with Gasteiger partial charge in [0.1, 0.15) is 0 Å². The third-order valence-corrected chi connectivity index (χ3v) is 3.37. The molecule has 17 heavy (non-hydrogen) atoms. The topological polar surface area (TPSA) is 57.2 Å². The van der Waals surface area contributed by atoms with Crippen molar-refractivity contribution < 1.29 is 73.1 Å². The Morgan fingerprint density at radius 3 is 1.82 bits per heavy atom. The van der Waals surface area contributed by atoms with Crippen molar-refractivity contribution in [3.8, 4) is 0 Å². The fourth-order valence-electron chi connectivity index (χ4n) is 1.41. The molecule has 0 fully saturated rings. The predicted octanol–water partition coefficient (Wildman–Crippen LogP) is 0.269. The normalized spacial score (nSPS) is 12.2. The van der Waals surface area contributed by atoms with Crippen LogP contribution in [0.3, 0.4) is 0 Å². The van der Waals surface area contributed by atoms with E-state index >= 15 is 0 Å². The van der Waals surface area contributed by atoms with Crippen molar-refractivity contribution in [1.82, 2.24) is 0 Å². The second-order valence-electron chi connectivity index (χ2n) is 3.96. The largest absolute Gasteiger partial charge is 1.00 e. The van der Waals surface area contributed by atoms with Crippen molar-refractivity contribution in [3.05, 3.63) is 0 Å². The summed E-state index contributed by atoms with van der Waals surface area (Å²) in [6.45, 7) is 2.08. The Morgan fingerprint density at radius 2 is 1.41 bits per heavy atom. The van der Waals surface area contributed by atoms with E-state index in [0.29, 0.717) is 6.42 Å². The minimum absolute atomic E-state index is 0. The van der Waals surface area contributed by atoms with Crippen molar-refractivity contribution >= 4 is 10.1 Å². The number of alkyl halides is 2. The average Bonchev–Trinajstić information content (AvgIpc) is 2.14.